The quantitative estimate of drug-likeness (QED) is 0.529. The standard InChI is InChI=1S/C13H14N2O/c14-11-4-1-9(2-5-11)7-10-3-6-13(16)12(15)8-10/h1-6,8,16H,7,14-15H2. The van der Waals surface area contributed by atoms with Crippen LogP contribution in [-0.4, -0.2) is 5.11 Å². The van der Waals surface area contributed by atoms with Crippen LogP contribution in [0.2, 0.25) is 0 Å². The largest absolute Gasteiger partial charge is 0.506 e. The van der Waals surface area contributed by atoms with Crippen molar-refractivity contribution < 1.29 is 5.11 Å². The summed E-state index contributed by atoms with van der Waals surface area (Å²) in [5.41, 5.74) is 14.6. The molecule has 3 nitrogen and oxygen atoms in total. The lowest BCUT2D eigenvalue weighted by Gasteiger charge is -2.05. The van der Waals surface area contributed by atoms with Crippen LogP contribution in [0.5, 0.6) is 5.75 Å². The predicted molar refractivity (Wildman–Crippen MR) is 66.2 cm³/mol. The molecule has 2 aromatic rings. The molecule has 0 aliphatic heterocycles. The van der Waals surface area contributed by atoms with Gasteiger partial charge in [-0.2, -0.15) is 0 Å². The molecule has 82 valence electrons. The third kappa shape index (κ3) is 2.25. The van der Waals surface area contributed by atoms with Crippen LogP contribution < -0.4 is 11.5 Å². The van der Waals surface area contributed by atoms with Crippen molar-refractivity contribution in [2.45, 2.75) is 6.42 Å². The molecule has 0 aromatic heterocycles. The Morgan fingerprint density at radius 1 is 0.875 bits per heavy atom. The summed E-state index contributed by atoms with van der Waals surface area (Å²) < 4.78 is 0. The highest BCUT2D eigenvalue weighted by Crippen LogP contribution is 2.22. The van der Waals surface area contributed by atoms with E-state index in [1.807, 2.05) is 30.3 Å². The average molecular weight is 214 g/mol. The number of rotatable bonds is 2. The van der Waals surface area contributed by atoms with Crippen LogP contribution in [0.1, 0.15) is 11.1 Å². The van der Waals surface area contributed by atoms with Gasteiger partial charge in [-0.15, -0.1) is 0 Å². The van der Waals surface area contributed by atoms with Gasteiger partial charge in [0, 0.05) is 5.69 Å². The monoisotopic (exact) mass is 214 g/mol. The minimum absolute atomic E-state index is 0.126. The highest BCUT2D eigenvalue weighted by atomic mass is 16.3. The summed E-state index contributed by atoms with van der Waals surface area (Å²) in [6.45, 7) is 0. The summed E-state index contributed by atoms with van der Waals surface area (Å²) in [7, 11) is 0. The molecular formula is C13H14N2O. The fraction of sp³-hybridized carbons (Fsp3) is 0.0769. The zero-order valence-corrected chi connectivity index (χ0v) is 8.85. The van der Waals surface area contributed by atoms with Gasteiger partial charge in [0.15, 0.2) is 0 Å². The predicted octanol–water partition coefficient (Wildman–Crippen LogP) is 2.15. The molecular weight excluding hydrogens is 200 g/mol. The van der Waals surface area contributed by atoms with Crippen molar-refractivity contribution in [2.24, 2.45) is 0 Å². The van der Waals surface area contributed by atoms with Crippen LogP contribution in [0.15, 0.2) is 42.5 Å². The molecule has 0 unspecified atom stereocenters. The second kappa shape index (κ2) is 4.14. The molecule has 0 bridgehead atoms. The molecule has 0 saturated heterocycles. The molecule has 0 spiro atoms. The van der Waals surface area contributed by atoms with Crippen molar-refractivity contribution in [3.05, 3.63) is 53.6 Å². The molecule has 2 rings (SSSR count). The summed E-state index contributed by atoms with van der Waals surface area (Å²) in [5.74, 6) is 0.126. The van der Waals surface area contributed by atoms with Gasteiger partial charge in [0.25, 0.3) is 0 Å². The molecule has 3 heteroatoms. The van der Waals surface area contributed by atoms with Gasteiger partial charge in [-0.1, -0.05) is 18.2 Å². The Morgan fingerprint density at radius 3 is 2.12 bits per heavy atom. The van der Waals surface area contributed by atoms with E-state index < -0.39 is 0 Å². The number of benzene rings is 2. The zero-order chi connectivity index (χ0) is 11.5. The summed E-state index contributed by atoms with van der Waals surface area (Å²) in [4.78, 5) is 0. The van der Waals surface area contributed by atoms with Crippen molar-refractivity contribution in [1.82, 2.24) is 0 Å². The Labute approximate surface area is 94.3 Å². The van der Waals surface area contributed by atoms with Gasteiger partial charge in [0.1, 0.15) is 5.75 Å². The first-order chi connectivity index (χ1) is 7.65. The van der Waals surface area contributed by atoms with Crippen molar-refractivity contribution in [3.8, 4) is 5.75 Å². The smallest absolute Gasteiger partial charge is 0.138 e. The lowest BCUT2D eigenvalue weighted by molar-refractivity contribution is 0.478. The number of hydrogen-bond donors (Lipinski definition) is 3. The summed E-state index contributed by atoms with van der Waals surface area (Å²) in [5, 5.41) is 9.30. The number of aromatic hydroxyl groups is 1. The summed E-state index contributed by atoms with van der Waals surface area (Å²) in [6.07, 6.45) is 0.782. The molecule has 0 aliphatic carbocycles. The first kappa shape index (κ1) is 10.4. The number of anilines is 2. The molecule has 0 heterocycles. The second-order valence-corrected chi connectivity index (χ2v) is 3.81. The average Bonchev–Trinajstić information content (AvgIpc) is 2.27. The van der Waals surface area contributed by atoms with Crippen LogP contribution in [0.25, 0.3) is 0 Å². The normalized spacial score (nSPS) is 10.2. The molecule has 0 amide bonds. The topological polar surface area (TPSA) is 72.3 Å². The van der Waals surface area contributed by atoms with Crippen molar-refractivity contribution in [1.29, 1.82) is 0 Å². The van der Waals surface area contributed by atoms with E-state index in [9.17, 15) is 5.11 Å². The Kier molecular flexibility index (Phi) is 2.68. The molecule has 16 heavy (non-hydrogen) atoms. The van der Waals surface area contributed by atoms with Gasteiger partial charge in [0.05, 0.1) is 5.69 Å². The lowest BCUT2D eigenvalue weighted by Crippen LogP contribution is -1.92. The molecule has 0 aliphatic rings. The van der Waals surface area contributed by atoms with Crippen molar-refractivity contribution in [3.63, 3.8) is 0 Å². The van der Waals surface area contributed by atoms with E-state index in [1.54, 1.807) is 12.1 Å². The van der Waals surface area contributed by atoms with Crippen LogP contribution in [0.4, 0.5) is 11.4 Å². The number of nitrogen functional groups attached to an aromatic ring is 2. The van der Waals surface area contributed by atoms with E-state index >= 15 is 0 Å². The summed E-state index contributed by atoms with van der Waals surface area (Å²) >= 11 is 0. The van der Waals surface area contributed by atoms with Gasteiger partial charge < -0.3 is 16.6 Å². The zero-order valence-electron chi connectivity index (χ0n) is 8.85. The summed E-state index contributed by atoms with van der Waals surface area (Å²) in [6, 6.07) is 13.0. The lowest BCUT2D eigenvalue weighted by atomic mass is 10.0. The van der Waals surface area contributed by atoms with Gasteiger partial charge in [-0.25, -0.2) is 0 Å². The first-order valence-corrected chi connectivity index (χ1v) is 5.07. The van der Waals surface area contributed by atoms with E-state index in [0.717, 1.165) is 17.7 Å². The van der Waals surface area contributed by atoms with Crippen LogP contribution >= 0.6 is 0 Å². The van der Waals surface area contributed by atoms with E-state index in [-0.39, 0.29) is 5.75 Å². The Bertz CT molecular complexity index is 492. The SMILES string of the molecule is Nc1ccc(Cc2ccc(O)c(N)c2)cc1. The van der Waals surface area contributed by atoms with Gasteiger partial charge >= 0.3 is 0 Å². The maximum atomic E-state index is 9.30. The molecule has 0 atom stereocenters. The Balaban J connectivity index is 2.20. The number of hydrogen-bond acceptors (Lipinski definition) is 3. The van der Waals surface area contributed by atoms with Crippen molar-refractivity contribution in [2.75, 3.05) is 11.5 Å². The van der Waals surface area contributed by atoms with Crippen LogP contribution in [0.3, 0.4) is 0 Å². The molecule has 0 saturated carbocycles. The molecule has 2 aromatic carbocycles. The molecule has 0 radical (unpaired) electrons. The number of nitrogens with two attached hydrogens (primary N) is 2. The van der Waals surface area contributed by atoms with Gasteiger partial charge in [-0.05, 0) is 41.8 Å². The van der Waals surface area contributed by atoms with E-state index in [2.05, 4.69) is 0 Å². The highest BCUT2D eigenvalue weighted by Gasteiger charge is 2.00. The van der Waals surface area contributed by atoms with Gasteiger partial charge in [0.2, 0.25) is 0 Å². The maximum Gasteiger partial charge on any atom is 0.138 e. The van der Waals surface area contributed by atoms with E-state index in [4.69, 9.17) is 11.5 Å². The van der Waals surface area contributed by atoms with Gasteiger partial charge in [-0.3, -0.25) is 0 Å². The van der Waals surface area contributed by atoms with Crippen molar-refractivity contribution >= 4 is 11.4 Å². The minimum Gasteiger partial charge on any atom is -0.506 e. The maximum absolute atomic E-state index is 9.30. The van der Waals surface area contributed by atoms with Crippen LogP contribution in [0, 0.1) is 0 Å². The van der Waals surface area contributed by atoms with E-state index in [1.165, 1.54) is 5.56 Å². The third-order valence-corrected chi connectivity index (χ3v) is 2.48. The first-order valence-electron chi connectivity index (χ1n) is 5.07. The minimum atomic E-state index is 0.126. The van der Waals surface area contributed by atoms with Crippen LogP contribution in [-0.2, 0) is 6.42 Å². The number of phenolic OH excluding ortho intramolecular Hbond substituents is 1. The Morgan fingerprint density at radius 2 is 1.50 bits per heavy atom. The third-order valence-electron chi connectivity index (χ3n) is 2.48. The fourth-order valence-corrected chi connectivity index (χ4v) is 1.59. The highest BCUT2D eigenvalue weighted by molar-refractivity contribution is 5.54. The van der Waals surface area contributed by atoms with E-state index in [0.29, 0.717) is 5.69 Å². The molecule has 0 fully saturated rings. The Hall–Kier alpha value is -2.16. The second-order valence-electron chi connectivity index (χ2n) is 3.81. The fourth-order valence-electron chi connectivity index (χ4n) is 1.59. The number of phenols is 1. The molecule has 5 N–H and O–H groups in total.